The predicted octanol–water partition coefficient (Wildman–Crippen LogP) is 2.74. The van der Waals surface area contributed by atoms with E-state index in [1.165, 1.54) is 51.9 Å². The van der Waals surface area contributed by atoms with Crippen LogP contribution in [0.5, 0.6) is 0 Å². The first-order valence-corrected chi connectivity index (χ1v) is 7.63. The third kappa shape index (κ3) is 4.26. The van der Waals surface area contributed by atoms with E-state index < -0.39 is 0 Å². The van der Waals surface area contributed by atoms with Crippen LogP contribution in [0.15, 0.2) is 0 Å². The van der Waals surface area contributed by atoms with E-state index >= 15 is 0 Å². The Morgan fingerprint density at radius 2 is 1.71 bits per heavy atom. The van der Waals surface area contributed by atoms with E-state index in [1.807, 2.05) is 0 Å². The summed E-state index contributed by atoms with van der Waals surface area (Å²) in [5.74, 6) is 2.67. The lowest BCUT2D eigenvalue weighted by molar-refractivity contribution is 0.120. The van der Waals surface area contributed by atoms with Crippen LogP contribution in [0.25, 0.3) is 0 Å². The zero-order valence-corrected chi connectivity index (χ0v) is 11.9. The molecule has 0 bridgehead atoms. The fourth-order valence-corrected chi connectivity index (χ4v) is 3.19. The summed E-state index contributed by atoms with van der Waals surface area (Å²) >= 11 is 0. The minimum Gasteiger partial charge on any atom is -0.316 e. The monoisotopic (exact) mass is 238 g/mol. The number of rotatable bonds is 4. The zero-order valence-electron chi connectivity index (χ0n) is 11.9. The van der Waals surface area contributed by atoms with Gasteiger partial charge in [0.05, 0.1) is 0 Å². The lowest BCUT2D eigenvalue weighted by Gasteiger charge is -2.37. The van der Waals surface area contributed by atoms with Crippen LogP contribution < -0.4 is 5.32 Å². The topological polar surface area (TPSA) is 15.3 Å². The lowest BCUT2D eigenvalue weighted by Crippen LogP contribution is -2.47. The van der Waals surface area contributed by atoms with Gasteiger partial charge in [-0.1, -0.05) is 33.6 Å². The van der Waals surface area contributed by atoms with Crippen molar-refractivity contribution in [2.75, 3.05) is 26.2 Å². The van der Waals surface area contributed by atoms with Gasteiger partial charge in [0.15, 0.2) is 0 Å². The average Bonchev–Trinajstić information content (AvgIpc) is 3.06. The predicted molar refractivity (Wildman–Crippen MR) is 74.2 cm³/mol. The summed E-state index contributed by atoms with van der Waals surface area (Å²) in [5.41, 5.74) is 0. The lowest BCUT2D eigenvalue weighted by atomic mass is 9.99. The summed E-state index contributed by atoms with van der Waals surface area (Å²) in [7, 11) is 0. The molecular formula is C15H30N2. The molecule has 0 aromatic heterocycles. The molecule has 2 heteroatoms. The average molecular weight is 238 g/mol. The fourth-order valence-electron chi connectivity index (χ4n) is 3.19. The summed E-state index contributed by atoms with van der Waals surface area (Å²) in [6.07, 6.45) is 5.79. The molecule has 0 aromatic carbocycles. The van der Waals surface area contributed by atoms with Gasteiger partial charge in [-0.2, -0.15) is 0 Å². The van der Waals surface area contributed by atoms with Crippen molar-refractivity contribution in [2.45, 2.75) is 52.5 Å². The van der Waals surface area contributed by atoms with E-state index in [1.54, 1.807) is 0 Å². The molecule has 3 unspecified atom stereocenters. The Balaban J connectivity index is 1.92. The fraction of sp³-hybridized carbons (Fsp3) is 1.00. The molecule has 1 saturated carbocycles. The Labute approximate surface area is 107 Å². The van der Waals surface area contributed by atoms with E-state index in [-0.39, 0.29) is 0 Å². The molecule has 0 spiro atoms. The van der Waals surface area contributed by atoms with Gasteiger partial charge in [0.2, 0.25) is 0 Å². The first-order valence-electron chi connectivity index (χ1n) is 7.63. The van der Waals surface area contributed by atoms with Crippen LogP contribution in [-0.2, 0) is 0 Å². The molecule has 2 fully saturated rings. The molecule has 2 aliphatic rings. The first-order chi connectivity index (χ1) is 8.19. The van der Waals surface area contributed by atoms with Gasteiger partial charge < -0.3 is 5.32 Å². The SMILES string of the molecule is CCC(CC1CC1)N1CC(C)CNCC(C)C1. The van der Waals surface area contributed by atoms with Gasteiger partial charge in [0.1, 0.15) is 0 Å². The van der Waals surface area contributed by atoms with Crippen molar-refractivity contribution in [3.05, 3.63) is 0 Å². The van der Waals surface area contributed by atoms with Crippen LogP contribution in [0.1, 0.15) is 46.5 Å². The van der Waals surface area contributed by atoms with E-state index in [4.69, 9.17) is 0 Å². The van der Waals surface area contributed by atoms with Crippen molar-refractivity contribution in [1.29, 1.82) is 0 Å². The van der Waals surface area contributed by atoms with Crippen molar-refractivity contribution in [1.82, 2.24) is 10.2 Å². The van der Waals surface area contributed by atoms with Crippen LogP contribution in [0, 0.1) is 17.8 Å². The summed E-state index contributed by atoms with van der Waals surface area (Å²) in [6.45, 7) is 12.1. The molecule has 0 radical (unpaired) electrons. The van der Waals surface area contributed by atoms with Crippen LogP contribution in [0.4, 0.5) is 0 Å². The Bertz CT molecular complexity index is 213. The Hall–Kier alpha value is -0.0800. The molecule has 3 atom stereocenters. The molecule has 0 amide bonds. The third-order valence-electron chi connectivity index (χ3n) is 4.37. The van der Waals surface area contributed by atoms with E-state index in [2.05, 4.69) is 31.0 Å². The molecule has 100 valence electrons. The van der Waals surface area contributed by atoms with Crippen molar-refractivity contribution in [3.8, 4) is 0 Å². The zero-order chi connectivity index (χ0) is 12.3. The van der Waals surface area contributed by atoms with Gasteiger partial charge >= 0.3 is 0 Å². The maximum absolute atomic E-state index is 3.59. The smallest absolute Gasteiger partial charge is 0.00955 e. The Morgan fingerprint density at radius 3 is 2.18 bits per heavy atom. The van der Waals surface area contributed by atoms with E-state index in [0.29, 0.717) is 0 Å². The number of nitrogens with zero attached hydrogens (tertiary/aromatic N) is 1. The molecule has 1 aliphatic heterocycles. The van der Waals surface area contributed by atoms with Crippen molar-refractivity contribution in [3.63, 3.8) is 0 Å². The number of hydrogen-bond donors (Lipinski definition) is 1. The summed E-state index contributed by atoms with van der Waals surface area (Å²) in [5, 5.41) is 3.59. The molecule has 2 rings (SSSR count). The quantitative estimate of drug-likeness (QED) is 0.810. The highest BCUT2D eigenvalue weighted by Gasteiger charge is 2.29. The molecule has 1 aliphatic carbocycles. The largest absolute Gasteiger partial charge is 0.316 e. The maximum atomic E-state index is 3.59. The number of hydrogen-bond acceptors (Lipinski definition) is 2. The van der Waals surface area contributed by atoms with Gasteiger partial charge in [-0.25, -0.2) is 0 Å². The highest BCUT2D eigenvalue weighted by molar-refractivity contribution is 4.84. The second kappa shape index (κ2) is 6.19. The van der Waals surface area contributed by atoms with Gasteiger partial charge in [0.25, 0.3) is 0 Å². The molecule has 1 saturated heterocycles. The summed E-state index contributed by atoms with van der Waals surface area (Å²) in [4.78, 5) is 2.80. The summed E-state index contributed by atoms with van der Waals surface area (Å²) in [6, 6.07) is 0.852. The molecule has 2 nitrogen and oxygen atoms in total. The normalized spacial score (nSPS) is 34.1. The third-order valence-corrected chi connectivity index (χ3v) is 4.37. The Morgan fingerprint density at radius 1 is 1.12 bits per heavy atom. The van der Waals surface area contributed by atoms with Crippen LogP contribution >= 0.6 is 0 Å². The molecule has 1 heterocycles. The highest BCUT2D eigenvalue weighted by atomic mass is 15.2. The second-order valence-corrected chi connectivity index (χ2v) is 6.56. The highest BCUT2D eigenvalue weighted by Crippen LogP contribution is 2.35. The van der Waals surface area contributed by atoms with Crippen molar-refractivity contribution < 1.29 is 0 Å². The molecule has 0 aromatic rings. The van der Waals surface area contributed by atoms with Crippen LogP contribution in [-0.4, -0.2) is 37.1 Å². The molecule has 17 heavy (non-hydrogen) atoms. The van der Waals surface area contributed by atoms with Crippen molar-refractivity contribution >= 4 is 0 Å². The Kier molecular flexibility index (Phi) is 4.87. The molecule has 1 N–H and O–H groups in total. The standard InChI is InChI=1S/C15H30N2/c1-4-15(7-14-5-6-14)17-10-12(2)8-16-9-13(3)11-17/h12-16H,4-11H2,1-3H3. The van der Waals surface area contributed by atoms with E-state index in [0.717, 1.165) is 23.8 Å². The molecular weight excluding hydrogens is 208 g/mol. The second-order valence-electron chi connectivity index (χ2n) is 6.56. The van der Waals surface area contributed by atoms with Gasteiger partial charge in [-0.05, 0) is 43.7 Å². The minimum absolute atomic E-state index is 0.802. The summed E-state index contributed by atoms with van der Waals surface area (Å²) < 4.78 is 0. The van der Waals surface area contributed by atoms with Gasteiger partial charge in [-0.3, -0.25) is 4.90 Å². The first kappa shape index (κ1) is 13.4. The van der Waals surface area contributed by atoms with Gasteiger partial charge in [0, 0.05) is 19.1 Å². The maximum Gasteiger partial charge on any atom is 0.00955 e. The van der Waals surface area contributed by atoms with Crippen molar-refractivity contribution in [2.24, 2.45) is 17.8 Å². The van der Waals surface area contributed by atoms with E-state index in [9.17, 15) is 0 Å². The number of nitrogens with one attached hydrogen (secondary N) is 1. The van der Waals surface area contributed by atoms with Crippen LogP contribution in [0.3, 0.4) is 0 Å². The minimum atomic E-state index is 0.802. The van der Waals surface area contributed by atoms with Gasteiger partial charge in [-0.15, -0.1) is 0 Å². The van der Waals surface area contributed by atoms with Crippen LogP contribution in [0.2, 0.25) is 0 Å².